The van der Waals surface area contributed by atoms with E-state index < -0.39 is 0 Å². The van der Waals surface area contributed by atoms with E-state index in [1.54, 1.807) is 4.90 Å². The van der Waals surface area contributed by atoms with Gasteiger partial charge < -0.3 is 10.6 Å². The number of aromatic nitrogens is 2. The minimum Gasteiger partial charge on any atom is -0.395 e. The van der Waals surface area contributed by atoms with Crippen LogP contribution in [0.4, 0.5) is 5.69 Å². The van der Waals surface area contributed by atoms with Gasteiger partial charge in [-0.1, -0.05) is 19.8 Å². The molecule has 0 unspecified atom stereocenters. The first-order valence-corrected chi connectivity index (χ1v) is 6.83. The summed E-state index contributed by atoms with van der Waals surface area (Å²) in [6.45, 7) is 7.54. The molecule has 1 aliphatic rings. The molecular weight excluding hydrogens is 254 g/mol. The van der Waals surface area contributed by atoms with Crippen LogP contribution in [0.25, 0.3) is 0 Å². The van der Waals surface area contributed by atoms with Crippen molar-refractivity contribution in [1.29, 1.82) is 0 Å². The minimum atomic E-state index is -0.106. The maximum absolute atomic E-state index is 12.4. The molecule has 1 amide bonds. The Kier molecular flexibility index (Phi) is 4.30. The maximum atomic E-state index is 12.4. The van der Waals surface area contributed by atoms with Crippen LogP contribution in [0.1, 0.15) is 35.9 Å². The SMILES string of the molecule is C#CCN1CCN(C(=O)c2n[nH]c(C(C)C)c2N)CC1. The van der Waals surface area contributed by atoms with Crippen molar-refractivity contribution in [3.63, 3.8) is 0 Å². The second-order valence-electron chi connectivity index (χ2n) is 5.33. The summed E-state index contributed by atoms with van der Waals surface area (Å²) in [5.74, 6) is 2.74. The Labute approximate surface area is 119 Å². The van der Waals surface area contributed by atoms with Crippen molar-refractivity contribution in [2.45, 2.75) is 19.8 Å². The van der Waals surface area contributed by atoms with Gasteiger partial charge in [-0.25, -0.2) is 0 Å². The van der Waals surface area contributed by atoms with E-state index in [0.29, 0.717) is 31.0 Å². The fourth-order valence-electron chi connectivity index (χ4n) is 2.36. The van der Waals surface area contributed by atoms with Crippen LogP contribution < -0.4 is 5.73 Å². The molecule has 2 heterocycles. The molecule has 1 fully saturated rings. The summed E-state index contributed by atoms with van der Waals surface area (Å²) in [5.41, 5.74) is 7.63. The van der Waals surface area contributed by atoms with Gasteiger partial charge >= 0.3 is 0 Å². The lowest BCUT2D eigenvalue weighted by atomic mass is 10.1. The van der Waals surface area contributed by atoms with Gasteiger partial charge in [-0.2, -0.15) is 5.10 Å². The summed E-state index contributed by atoms with van der Waals surface area (Å²) in [5, 5.41) is 6.94. The molecule has 0 saturated carbocycles. The first-order chi connectivity index (χ1) is 9.54. The normalized spacial score (nSPS) is 16.4. The molecule has 6 heteroatoms. The molecular formula is C14H21N5O. The number of terminal acetylenes is 1. The van der Waals surface area contributed by atoms with Crippen LogP contribution in [0.5, 0.6) is 0 Å². The molecule has 0 radical (unpaired) electrons. The summed E-state index contributed by atoms with van der Waals surface area (Å²) in [7, 11) is 0. The lowest BCUT2D eigenvalue weighted by Crippen LogP contribution is -2.48. The van der Waals surface area contributed by atoms with Crippen molar-refractivity contribution in [3.05, 3.63) is 11.4 Å². The van der Waals surface area contributed by atoms with Gasteiger partial charge in [0.1, 0.15) is 0 Å². The predicted octanol–water partition coefficient (Wildman–Crippen LogP) is 0.506. The van der Waals surface area contributed by atoms with Gasteiger partial charge in [-0.05, 0) is 5.92 Å². The Balaban J connectivity index is 2.04. The van der Waals surface area contributed by atoms with E-state index in [1.807, 2.05) is 13.8 Å². The molecule has 1 aliphatic heterocycles. The van der Waals surface area contributed by atoms with E-state index in [4.69, 9.17) is 12.2 Å². The van der Waals surface area contributed by atoms with Gasteiger partial charge in [-0.3, -0.25) is 14.8 Å². The Bertz CT molecular complexity index is 520. The Morgan fingerprint density at radius 3 is 2.60 bits per heavy atom. The highest BCUT2D eigenvalue weighted by Gasteiger charge is 2.26. The van der Waals surface area contributed by atoms with E-state index in [0.717, 1.165) is 18.8 Å². The average molecular weight is 275 g/mol. The molecule has 6 nitrogen and oxygen atoms in total. The highest BCUT2D eigenvalue weighted by molar-refractivity contribution is 5.97. The van der Waals surface area contributed by atoms with Crippen molar-refractivity contribution in [2.75, 3.05) is 38.5 Å². The number of anilines is 1. The zero-order valence-corrected chi connectivity index (χ0v) is 12.0. The van der Waals surface area contributed by atoms with Crippen LogP contribution in [0, 0.1) is 12.3 Å². The average Bonchev–Trinajstić information content (AvgIpc) is 2.81. The standard InChI is InChI=1S/C14H21N5O/c1-4-5-18-6-8-19(9-7-18)14(20)13-11(15)12(10(2)3)16-17-13/h1,10H,5-9,15H2,2-3H3,(H,16,17). The van der Waals surface area contributed by atoms with Crippen LogP contribution in [0.3, 0.4) is 0 Å². The number of hydrogen-bond acceptors (Lipinski definition) is 4. The zero-order chi connectivity index (χ0) is 14.7. The number of hydrogen-bond donors (Lipinski definition) is 2. The number of nitrogens with two attached hydrogens (primary N) is 1. The van der Waals surface area contributed by atoms with Gasteiger partial charge in [0.2, 0.25) is 0 Å². The second kappa shape index (κ2) is 5.97. The number of amides is 1. The van der Waals surface area contributed by atoms with Gasteiger partial charge in [0, 0.05) is 26.2 Å². The number of carbonyl (C=O) groups is 1. The van der Waals surface area contributed by atoms with Crippen molar-refractivity contribution in [2.24, 2.45) is 0 Å². The Morgan fingerprint density at radius 2 is 2.10 bits per heavy atom. The van der Waals surface area contributed by atoms with Crippen LogP contribution in [0.2, 0.25) is 0 Å². The highest BCUT2D eigenvalue weighted by Crippen LogP contribution is 2.23. The molecule has 1 aromatic heterocycles. The molecule has 108 valence electrons. The molecule has 0 spiro atoms. The summed E-state index contributed by atoms with van der Waals surface area (Å²) >= 11 is 0. The van der Waals surface area contributed by atoms with E-state index in [1.165, 1.54) is 0 Å². The number of carbonyl (C=O) groups excluding carboxylic acids is 1. The first kappa shape index (κ1) is 14.4. The number of nitrogens with one attached hydrogen (secondary N) is 1. The molecule has 0 atom stereocenters. The molecule has 1 saturated heterocycles. The second-order valence-corrected chi connectivity index (χ2v) is 5.33. The minimum absolute atomic E-state index is 0.106. The van der Waals surface area contributed by atoms with Crippen molar-refractivity contribution < 1.29 is 4.79 Å². The summed E-state index contributed by atoms with van der Waals surface area (Å²) in [6, 6.07) is 0. The summed E-state index contributed by atoms with van der Waals surface area (Å²) < 4.78 is 0. The smallest absolute Gasteiger partial charge is 0.276 e. The maximum Gasteiger partial charge on any atom is 0.276 e. The van der Waals surface area contributed by atoms with Crippen LogP contribution in [-0.4, -0.2) is 58.6 Å². The Hall–Kier alpha value is -2.00. The number of rotatable bonds is 3. The van der Waals surface area contributed by atoms with Gasteiger partial charge in [0.15, 0.2) is 5.69 Å². The summed E-state index contributed by atoms with van der Waals surface area (Å²) in [6.07, 6.45) is 5.29. The molecule has 0 bridgehead atoms. The third-order valence-electron chi connectivity index (χ3n) is 3.59. The molecule has 0 aromatic carbocycles. The number of H-pyrrole nitrogens is 1. The monoisotopic (exact) mass is 275 g/mol. The van der Waals surface area contributed by atoms with Crippen LogP contribution >= 0.6 is 0 Å². The fraction of sp³-hybridized carbons (Fsp3) is 0.571. The number of piperazine rings is 1. The topological polar surface area (TPSA) is 78.2 Å². The van der Waals surface area contributed by atoms with E-state index in [-0.39, 0.29) is 11.8 Å². The number of nitrogens with zero attached hydrogens (tertiary/aromatic N) is 3. The molecule has 3 N–H and O–H groups in total. The van der Waals surface area contributed by atoms with Gasteiger partial charge in [0.25, 0.3) is 5.91 Å². The van der Waals surface area contributed by atoms with Gasteiger partial charge in [0.05, 0.1) is 17.9 Å². The van der Waals surface area contributed by atoms with E-state index >= 15 is 0 Å². The zero-order valence-electron chi connectivity index (χ0n) is 12.0. The number of aromatic amines is 1. The fourth-order valence-corrected chi connectivity index (χ4v) is 2.36. The molecule has 20 heavy (non-hydrogen) atoms. The molecule has 2 rings (SSSR count). The third kappa shape index (κ3) is 2.78. The number of nitrogen functional groups attached to an aromatic ring is 1. The van der Waals surface area contributed by atoms with Crippen molar-refractivity contribution >= 4 is 11.6 Å². The lowest BCUT2D eigenvalue weighted by molar-refractivity contribution is 0.0647. The largest absolute Gasteiger partial charge is 0.395 e. The quantitative estimate of drug-likeness (QED) is 0.788. The predicted molar refractivity (Wildman–Crippen MR) is 78.3 cm³/mol. The van der Waals surface area contributed by atoms with E-state index in [9.17, 15) is 4.79 Å². The van der Waals surface area contributed by atoms with Gasteiger partial charge in [-0.15, -0.1) is 6.42 Å². The summed E-state index contributed by atoms with van der Waals surface area (Å²) in [4.78, 5) is 16.4. The Morgan fingerprint density at radius 1 is 1.45 bits per heavy atom. The van der Waals surface area contributed by atoms with E-state index in [2.05, 4.69) is 21.0 Å². The van der Waals surface area contributed by atoms with Crippen molar-refractivity contribution in [1.82, 2.24) is 20.0 Å². The molecule has 1 aromatic rings. The third-order valence-corrected chi connectivity index (χ3v) is 3.59. The first-order valence-electron chi connectivity index (χ1n) is 6.83. The highest BCUT2D eigenvalue weighted by atomic mass is 16.2. The lowest BCUT2D eigenvalue weighted by Gasteiger charge is -2.33. The van der Waals surface area contributed by atoms with Crippen LogP contribution in [-0.2, 0) is 0 Å². The van der Waals surface area contributed by atoms with Crippen molar-refractivity contribution in [3.8, 4) is 12.3 Å². The van der Waals surface area contributed by atoms with Crippen LogP contribution in [0.15, 0.2) is 0 Å². The molecule has 0 aliphatic carbocycles.